The molecule has 6 aromatic rings. The van der Waals surface area contributed by atoms with Gasteiger partial charge >= 0.3 is 0 Å². The Labute approximate surface area is 291 Å². The summed E-state index contributed by atoms with van der Waals surface area (Å²) in [5.74, 6) is 4.46. The molecule has 4 aromatic carbocycles. The number of nitrogens with zero attached hydrogens (tertiary/aromatic N) is 3. The molecule has 0 unspecified atom stereocenters. The van der Waals surface area contributed by atoms with Crippen molar-refractivity contribution < 1.29 is 29.2 Å². The first-order valence-corrected chi connectivity index (χ1v) is 15.7. The molecule has 0 saturated carbocycles. The third kappa shape index (κ3) is 10.0. The van der Waals surface area contributed by atoms with E-state index in [1.807, 2.05) is 79.7 Å². The van der Waals surface area contributed by atoms with Gasteiger partial charge in [0, 0.05) is 66.3 Å². The summed E-state index contributed by atoms with van der Waals surface area (Å²) in [5.41, 5.74) is 3.65. The van der Waals surface area contributed by atoms with Crippen LogP contribution in [-0.2, 0) is 13.1 Å². The molecule has 0 spiro atoms. The van der Waals surface area contributed by atoms with Gasteiger partial charge in [0.2, 0.25) is 0 Å². The Hall–Kier alpha value is -5.45. The highest BCUT2D eigenvalue weighted by molar-refractivity contribution is 6.29. The van der Waals surface area contributed by atoms with E-state index in [1.165, 1.54) is 0 Å². The van der Waals surface area contributed by atoms with E-state index in [2.05, 4.69) is 15.3 Å². The van der Waals surface area contributed by atoms with Gasteiger partial charge in [-0.1, -0.05) is 17.7 Å². The molecule has 256 valence electrons. The summed E-state index contributed by atoms with van der Waals surface area (Å²) >= 11 is 5.68. The molecule has 11 heteroatoms. The van der Waals surface area contributed by atoms with Crippen molar-refractivity contribution in [2.24, 2.45) is 0 Å². The lowest BCUT2D eigenvalue weighted by Gasteiger charge is -2.20. The van der Waals surface area contributed by atoms with E-state index in [4.69, 9.17) is 35.7 Å². The molecular formula is C38H41ClN4O6. The Morgan fingerprint density at radius 2 is 1.14 bits per heavy atom. The number of phenolic OH excluding ortho intramolecular Hbond substituents is 2. The van der Waals surface area contributed by atoms with E-state index in [0.717, 1.165) is 62.8 Å². The Kier molecular flexibility index (Phi) is 13.1. The zero-order valence-corrected chi connectivity index (χ0v) is 29.2. The van der Waals surface area contributed by atoms with Crippen molar-refractivity contribution in [2.45, 2.75) is 13.1 Å². The van der Waals surface area contributed by atoms with Crippen molar-refractivity contribution in [3.63, 3.8) is 0 Å². The van der Waals surface area contributed by atoms with Gasteiger partial charge in [0.25, 0.3) is 0 Å². The Morgan fingerprint density at radius 3 is 1.69 bits per heavy atom. The zero-order chi connectivity index (χ0) is 35.3. The van der Waals surface area contributed by atoms with Gasteiger partial charge < -0.3 is 39.4 Å². The van der Waals surface area contributed by atoms with Crippen molar-refractivity contribution >= 4 is 39.2 Å². The number of hydrogen-bond acceptors (Lipinski definition) is 10. The second kappa shape index (κ2) is 17.6. The molecule has 2 aromatic heterocycles. The molecule has 2 heterocycles. The van der Waals surface area contributed by atoms with Crippen LogP contribution in [-0.4, -0.2) is 62.7 Å². The molecule has 0 aliphatic carbocycles. The largest absolute Gasteiger partial charge is 0.508 e. The zero-order valence-electron chi connectivity index (χ0n) is 28.4. The smallest absolute Gasteiger partial charge is 0.129 e. The Balaban J connectivity index is 0.000000182. The van der Waals surface area contributed by atoms with E-state index in [9.17, 15) is 5.11 Å². The number of ether oxygens (including phenoxy) is 4. The van der Waals surface area contributed by atoms with Crippen LogP contribution in [0.15, 0.2) is 97.1 Å². The average molecular weight is 685 g/mol. The number of anilines is 1. The number of pyridine rings is 2. The molecule has 0 aliphatic heterocycles. The Morgan fingerprint density at radius 1 is 0.633 bits per heavy atom. The second-order valence-electron chi connectivity index (χ2n) is 10.8. The van der Waals surface area contributed by atoms with Gasteiger partial charge in [-0.3, -0.25) is 0 Å². The third-order valence-corrected chi connectivity index (χ3v) is 7.67. The fraction of sp³-hybridized carbons (Fsp3) is 0.211. The number of fused-ring (bicyclic) bond motifs is 2. The molecule has 3 N–H and O–H groups in total. The van der Waals surface area contributed by atoms with Crippen LogP contribution < -0.4 is 29.2 Å². The third-order valence-electron chi connectivity index (χ3n) is 7.46. The van der Waals surface area contributed by atoms with Crippen LogP contribution in [0.4, 0.5) is 5.82 Å². The molecule has 0 amide bonds. The SMILES string of the molecule is CNCc1ccc(OC)cc1OC.COc1ccc(CN(C)c2ccc3ccc(O)cc3n2)c(OC)c1.Oc1ccc2ccc(Cl)nc2c1. The number of nitrogens with one attached hydrogen (secondary N) is 1. The minimum atomic E-state index is 0.206. The maximum Gasteiger partial charge on any atom is 0.129 e. The lowest BCUT2D eigenvalue weighted by molar-refractivity contribution is 0.390. The highest BCUT2D eigenvalue weighted by Gasteiger charge is 2.11. The van der Waals surface area contributed by atoms with Crippen LogP contribution >= 0.6 is 11.6 Å². The van der Waals surface area contributed by atoms with Gasteiger partial charge in [-0.05, 0) is 73.8 Å². The number of hydrogen-bond donors (Lipinski definition) is 3. The maximum atomic E-state index is 9.63. The topological polar surface area (TPSA) is 118 Å². The van der Waals surface area contributed by atoms with Crippen LogP contribution in [0.1, 0.15) is 11.1 Å². The number of methoxy groups -OCH3 is 4. The van der Waals surface area contributed by atoms with E-state index in [0.29, 0.717) is 17.2 Å². The lowest BCUT2D eigenvalue weighted by atomic mass is 10.1. The monoisotopic (exact) mass is 684 g/mol. The lowest BCUT2D eigenvalue weighted by Crippen LogP contribution is -2.18. The molecule has 0 fully saturated rings. The van der Waals surface area contributed by atoms with E-state index in [1.54, 1.807) is 64.8 Å². The fourth-order valence-corrected chi connectivity index (χ4v) is 5.05. The highest BCUT2D eigenvalue weighted by atomic mass is 35.5. The van der Waals surface area contributed by atoms with Crippen molar-refractivity contribution in [3.05, 3.63) is 113 Å². The Bertz CT molecular complexity index is 1950. The average Bonchev–Trinajstić information content (AvgIpc) is 3.12. The molecule has 0 atom stereocenters. The highest BCUT2D eigenvalue weighted by Crippen LogP contribution is 2.28. The van der Waals surface area contributed by atoms with Crippen molar-refractivity contribution in [3.8, 4) is 34.5 Å². The number of aromatic hydroxyl groups is 2. The summed E-state index contributed by atoms with van der Waals surface area (Å²) in [4.78, 5) is 10.7. The summed E-state index contributed by atoms with van der Waals surface area (Å²) < 4.78 is 21.0. The summed E-state index contributed by atoms with van der Waals surface area (Å²) in [5, 5.41) is 24.2. The quantitative estimate of drug-likeness (QED) is 0.131. The van der Waals surface area contributed by atoms with Gasteiger partial charge in [-0.25, -0.2) is 9.97 Å². The first-order chi connectivity index (χ1) is 23.7. The van der Waals surface area contributed by atoms with Gasteiger partial charge in [-0.2, -0.15) is 0 Å². The first kappa shape index (κ1) is 36.4. The van der Waals surface area contributed by atoms with E-state index < -0.39 is 0 Å². The van der Waals surface area contributed by atoms with Crippen LogP contribution in [0.5, 0.6) is 34.5 Å². The van der Waals surface area contributed by atoms with Crippen molar-refractivity contribution in [2.75, 3.05) is 47.4 Å². The van der Waals surface area contributed by atoms with Crippen molar-refractivity contribution in [1.82, 2.24) is 15.3 Å². The molecule has 49 heavy (non-hydrogen) atoms. The molecule has 10 nitrogen and oxygen atoms in total. The summed E-state index contributed by atoms with van der Waals surface area (Å²) in [6.45, 7) is 1.44. The second-order valence-corrected chi connectivity index (χ2v) is 11.2. The molecule has 0 aliphatic rings. The van der Waals surface area contributed by atoms with Crippen molar-refractivity contribution in [1.29, 1.82) is 0 Å². The first-order valence-electron chi connectivity index (χ1n) is 15.3. The number of rotatable bonds is 9. The van der Waals surface area contributed by atoms with Gasteiger partial charge in [0.05, 0.1) is 39.5 Å². The van der Waals surface area contributed by atoms with E-state index in [-0.39, 0.29) is 11.5 Å². The number of phenols is 2. The minimum Gasteiger partial charge on any atom is -0.508 e. The van der Waals surface area contributed by atoms with Gasteiger partial charge in [-0.15, -0.1) is 0 Å². The van der Waals surface area contributed by atoms with Crippen LogP contribution in [0, 0.1) is 0 Å². The molecule has 0 radical (unpaired) electrons. The number of halogens is 1. The molecule has 0 bridgehead atoms. The van der Waals surface area contributed by atoms with Crippen LogP contribution in [0.2, 0.25) is 5.15 Å². The van der Waals surface area contributed by atoms with Gasteiger partial charge in [0.15, 0.2) is 0 Å². The fourth-order valence-electron chi connectivity index (χ4n) is 4.90. The predicted octanol–water partition coefficient (Wildman–Crippen LogP) is 7.61. The van der Waals surface area contributed by atoms with Crippen LogP contribution in [0.25, 0.3) is 21.8 Å². The summed E-state index contributed by atoms with van der Waals surface area (Å²) in [7, 11) is 10.5. The normalized spacial score (nSPS) is 10.3. The van der Waals surface area contributed by atoms with E-state index >= 15 is 0 Å². The standard InChI is InChI=1S/C19H20N2O3.C10H15NO2.C9H6ClNO/c1-21(12-14-5-8-16(23-2)11-18(14)24-3)19-9-6-13-4-7-15(22)10-17(13)20-19;1-11-7-8-4-5-9(12-2)6-10(8)13-3;10-9-4-2-6-1-3-7(12)5-8(6)11-9/h4-11,22H,12H2,1-3H3;4-6,11H,7H2,1-3H3;1-5,12H. The molecule has 0 saturated heterocycles. The predicted molar refractivity (Wildman–Crippen MR) is 196 cm³/mol. The molecular weight excluding hydrogens is 644 g/mol. The summed E-state index contributed by atoms with van der Waals surface area (Å²) in [6.07, 6.45) is 0. The number of benzene rings is 4. The van der Waals surface area contributed by atoms with Gasteiger partial charge in [0.1, 0.15) is 45.5 Å². The molecule has 6 rings (SSSR count). The minimum absolute atomic E-state index is 0.206. The van der Waals surface area contributed by atoms with Crippen LogP contribution in [0.3, 0.4) is 0 Å². The number of aromatic nitrogens is 2. The summed E-state index contributed by atoms with van der Waals surface area (Å²) in [6, 6.07) is 29.3. The maximum absolute atomic E-state index is 9.63.